The number of ether oxygens (including phenoxy) is 1. The smallest absolute Gasteiger partial charge is 0.315 e. The first kappa shape index (κ1) is 17.2. The molecule has 1 aliphatic carbocycles. The van der Waals surface area contributed by atoms with Crippen LogP contribution < -0.4 is 10.6 Å². The highest BCUT2D eigenvalue weighted by molar-refractivity contribution is 5.74. The minimum absolute atomic E-state index is 0.0171. The average Bonchev–Trinajstić information content (AvgIpc) is 2.97. The largest absolute Gasteiger partial charge is 0.373 e. The summed E-state index contributed by atoms with van der Waals surface area (Å²) in [5, 5.41) is 6.01. The van der Waals surface area contributed by atoms with E-state index in [9.17, 15) is 4.79 Å². The Kier molecular flexibility index (Phi) is 5.74. The molecule has 1 fully saturated rings. The van der Waals surface area contributed by atoms with Gasteiger partial charge in [0.1, 0.15) is 0 Å². The summed E-state index contributed by atoms with van der Waals surface area (Å²) in [5.41, 5.74) is 2.94. The Hall–Kier alpha value is -1.59. The van der Waals surface area contributed by atoms with Crippen molar-refractivity contribution in [3.05, 3.63) is 35.4 Å². The molecule has 0 bridgehead atoms. The fraction of sp³-hybridized carbons (Fsp3) is 0.632. The molecule has 2 N–H and O–H groups in total. The van der Waals surface area contributed by atoms with Gasteiger partial charge in [-0.05, 0) is 50.3 Å². The van der Waals surface area contributed by atoms with E-state index < -0.39 is 0 Å². The fourth-order valence-electron chi connectivity index (χ4n) is 3.71. The highest BCUT2D eigenvalue weighted by Crippen LogP contribution is 2.28. The zero-order valence-electron chi connectivity index (χ0n) is 14.8. The normalized spacial score (nSPS) is 22.8. The minimum atomic E-state index is -0.0881. The second-order valence-electron chi connectivity index (χ2n) is 7.19. The molecule has 0 radical (unpaired) electrons. The molecule has 1 aliphatic heterocycles. The van der Waals surface area contributed by atoms with E-state index in [4.69, 9.17) is 4.74 Å². The highest BCUT2D eigenvalue weighted by Gasteiger charge is 2.25. The summed E-state index contributed by atoms with van der Waals surface area (Å²) in [5.74, 6) is 0.649. The standard InChI is InChI=1S/C19H29N3O2/c1-14(18-13-22(2)9-10-24-18)21-19(23)20-8-7-15-11-16-5-3-4-6-17(16)12-15/h3-6,14-15,18H,7-13H2,1-2H3,(H2,20,21,23)/t14-,18-/m0/s1. The van der Waals surface area contributed by atoms with E-state index in [2.05, 4.69) is 46.8 Å². The van der Waals surface area contributed by atoms with E-state index in [1.807, 2.05) is 6.92 Å². The summed E-state index contributed by atoms with van der Waals surface area (Å²) in [7, 11) is 2.09. The van der Waals surface area contributed by atoms with Crippen LogP contribution in [0.2, 0.25) is 0 Å². The highest BCUT2D eigenvalue weighted by atomic mass is 16.5. The molecule has 132 valence electrons. The second-order valence-corrected chi connectivity index (χ2v) is 7.19. The van der Waals surface area contributed by atoms with E-state index in [0.29, 0.717) is 5.92 Å². The molecule has 5 nitrogen and oxygen atoms in total. The molecule has 0 saturated carbocycles. The van der Waals surface area contributed by atoms with Crippen molar-refractivity contribution >= 4 is 6.03 Å². The molecule has 0 unspecified atom stereocenters. The minimum Gasteiger partial charge on any atom is -0.373 e. The number of hydrogen-bond acceptors (Lipinski definition) is 3. The second kappa shape index (κ2) is 7.99. The molecule has 1 saturated heterocycles. The SMILES string of the molecule is C[C@H](NC(=O)NCCC1Cc2ccccc2C1)[C@@H]1CN(C)CCO1. The first-order valence-electron chi connectivity index (χ1n) is 9.03. The van der Waals surface area contributed by atoms with Crippen LogP contribution in [-0.2, 0) is 17.6 Å². The lowest BCUT2D eigenvalue weighted by molar-refractivity contribution is -0.0333. The van der Waals surface area contributed by atoms with Gasteiger partial charge < -0.3 is 20.3 Å². The summed E-state index contributed by atoms with van der Waals surface area (Å²) >= 11 is 0. The van der Waals surface area contributed by atoms with Gasteiger partial charge in [-0.15, -0.1) is 0 Å². The van der Waals surface area contributed by atoms with Crippen LogP contribution in [0.15, 0.2) is 24.3 Å². The number of morpholine rings is 1. The molecule has 0 aromatic heterocycles. The Morgan fingerprint density at radius 2 is 2.04 bits per heavy atom. The van der Waals surface area contributed by atoms with Crippen molar-refractivity contribution < 1.29 is 9.53 Å². The third-order valence-electron chi connectivity index (χ3n) is 5.19. The van der Waals surface area contributed by atoms with E-state index >= 15 is 0 Å². The fourth-order valence-corrected chi connectivity index (χ4v) is 3.71. The topological polar surface area (TPSA) is 53.6 Å². The van der Waals surface area contributed by atoms with Gasteiger partial charge in [-0.3, -0.25) is 0 Å². The number of nitrogens with one attached hydrogen (secondary N) is 2. The van der Waals surface area contributed by atoms with Crippen LogP contribution in [0.3, 0.4) is 0 Å². The van der Waals surface area contributed by atoms with Gasteiger partial charge in [0.2, 0.25) is 0 Å². The molecule has 2 amide bonds. The number of fused-ring (bicyclic) bond motifs is 1. The summed E-state index contributed by atoms with van der Waals surface area (Å²) in [6, 6.07) is 8.59. The monoisotopic (exact) mass is 331 g/mol. The van der Waals surface area contributed by atoms with Crippen LogP contribution in [0.25, 0.3) is 0 Å². The van der Waals surface area contributed by atoms with Crippen LogP contribution >= 0.6 is 0 Å². The quantitative estimate of drug-likeness (QED) is 0.865. The zero-order chi connectivity index (χ0) is 16.9. The molecule has 1 aromatic rings. The number of carbonyl (C=O) groups excluding carboxylic acids is 1. The van der Waals surface area contributed by atoms with Crippen molar-refractivity contribution in [2.75, 3.05) is 33.3 Å². The zero-order valence-corrected chi connectivity index (χ0v) is 14.8. The first-order valence-corrected chi connectivity index (χ1v) is 9.03. The number of amides is 2. The van der Waals surface area contributed by atoms with Gasteiger partial charge in [0.05, 0.1) is 18.8 Å². The molecule has 1 heterocycles. The molecule has 3 rings (SSSR count). The van der Waals surface area contributed by atoms with Crippen LogP contribution in [0.5, 0.6) is 0 Å². The number of hydrogen-bond donors (Lipinski definition) is 2. The first-order chi connectivity index (χ1) is 11.6. The Balaban J connectivity index is 1.34. The van der Waals surface area contributed by atoms with Crippen molar-refractivity contribution in [3.8, 4) is 0 Å². The molecule has 5 heteroatoms. The molecular formula is C19H29N3O2. The van der Waals surface area contributed by atoms with Gasteiger partial charge in [0, 0.05) is 19.6 Å². The molecular weight excluding hydrogens is 302 g/mol. The Labute approximate surface area is 144 Å². The molecule has 2 aliphatic rings. The Morgan fingerprint density at radius 3 is 2.71 bits per heavy atom. The van der Waals surface area contributed by atoms with Gasteiger partial charge in [-0.1, -0.05) is 24.3 Å². The van der Waals surface area contributed by atoms with Crippen LogP contribution in [0.1, 0.15) is 24.5 Å². The molecule has 24 heavy (non-hydrogen) atoms. The van der Waals surface area contributed by atoms with Crippen molar-refractivity contribution in [2.24, 2.45) is 5.92 Å². The predicted molar refractivity (Wildman–Crippen MR) is 95.2 cm³/mol. The molecule has 0 spiro atoms. The third-order valence-corrected chi connectivity index (χ3v) is 5.19. The number of carbonyl (C=O) groups is 1. The lowest BCUT2D eigenvalue weighted by Crippen LogP contribution is -2.53. The van der Waals surface area contributed by atoms with Gasteiger partial charge >= 0.3 is 6.03 Å². The number of benzene rings is 1. The van der Waals surface area contributed by atoms with Gasteiger partial charge in [-0.25, -0.2) is 4.79 Å². The number of nitrogens with zero attached hydrogens (tertiary/aromatic N) is 1. The van der Waals surface area contributed by atoms with E-state index in [-0.39, 0.29) is 18.2 Å². The summed E-state index contributed by atoms with van der Waals surface area (Å²) < 4.78 is 5.75. The lowest BCUT2D eigenvalue weighted by atomic mass is 10.0. The average molecular weight is 331 g/mol. The van der Waals surface area contributed by atoms with Crippen molar-refractivity contribution in [1.29, 1.82) is 0 Å². The molecule has 2 atom stereocenters. The van der Waals surface area contributed by atoms with Crippen LogP contribution in [-0.4, -0.2) is 56.4 Å². The van der Waals surface area contributed by atoms with E-state index in [1.165, 1.54) is 11.1 Å². The van der Waals surface area contributed by atoms with E-state index in [1.54, 1.807) is 0 Å². The number of rotatable bonds is 5. The predicted octanol–water partition coefficient (Wildman–Crippen LogP) is 1.81. The Bertz CT molecular complexity index is 538. The van der Waals surface area contributed by atoms with Gasteiger partial charge in [-0.2, -0.15) is 0 Å². The lowest BCUT2D eigenvalue weighted by Gasteiger charge is -2.33. The van der Waals surface area contributed by atoms with Gasteiger partial charge in [0.25, 0.3) is 0 Å². The van der Waals surface area contributed by atoms with E-state index in [0.717, 1.165) is 45.5 Å². The summed E-state index contributed by atoms with van der Waals surface area (Å²) in [4.78, 5) is 14.3. The Morgan fingerprint density at radius 1 is 1.33 bits per heavy atom. The maximum absolute atomic E-state index is 12.1. The molecule has 1 aromatic carbocycles. The van der Waals surface area contributed by atoms with Gasteiger partial charge in [0.15, 0.2) is 0 Å². The maximum atomic E-state index is 12.1. The number of likely N-dealkylation sites (N-methyl/N-ethyl adjacent to an activating group) is 1. The number of urea groups is 1. The van der Waals surface area contributed by atoms with Crippen molar-refractivity contribution in [3.63, 3.8) is 0 Å². The van der Waals surface area contributed by atoms with Crippen LogP contribution in [0, 0.1) is 5.92 Å². The summed E-state index contributed by atoms with van der Waals surface area (Å²) in [6.07, 6.45) is 3.37. The van der Waals surface area contributed by atoms with Crippen molar-refractivity contribution in [2.45, 2.75) is 38.3 Å². The maximum Gasteiger partial charge on any atom is 0.315 e. The summed E-state index contributed by atoms with van der Waals surface area (Å²) in [6.45, 7) is 5.29. The van der Waals surface area contributed by atoms with Crippen molar-refractivity contribution in [1.82, 2.24) is 15.5 Å². The van der Waals surface area contributed by atoms with Crippen LogP contribution in [0.4, 0.5) is 4.79 Å². The third kappa shape index (κ3) is 4.48.